The molecule has 84 valence electrons. The Balaban J connectivity index is 1.74. The molecule has 0 radical (unpaired) electrons. The summed E-state index contributed by atoms with van der Waals surface area (Å²) in [6.45, 7) is 2.24. The van der Waals surface area contributed by atoms with Crippen molar-refractivity contribution in [2.75, 3.05) is 0 Å². The van der Waals surface area contributed by atoms with Crippen molar-refractivity contribution in [3.8, 4) is 0 Å². The van der Waals surface area contributed by atoms with Crippen molar-refractivity contribution in [3.05, 3.63) is 34.3 Å². The zero-order valence-electron chi connectivity index (χ0n) is 9.67. The van der Waals surface area contributed by atoms with Gasteiger partial charge in [-0.3, -0.25) is 0 Å². The average molecular weight is 233 g/mol. The van der Waals surface area contributed by atoms with E-state index in [1.807, 2.05) is 6.07 Å². The lowest BCUT2D eigenvalue weighted by atomic mass is 9.59. The van der Waals surface area contributed by atoms with Crippen LogP contribution in [0.3, 0.4) is 0 Å². The van der Waals surface area contributed by atoms with Gasteiger partial charge in [0.2, 0.25) is 0 Å². The van der Waals surface area contributed by atoms with Crippen molar-refractivity contribution in [3.63, 3.8) is 0 Å². The van der Waals surface area contributed by atoms with Gasteiger partial charge >= 0.3 is 0 Å². The summed E-state index contributed by atoms with van der Waals surface area (Å²) < 4.78 is 0. The molecule has 4 atom stereocenters. The Morgan fingerprint density at radius 3 is 2.81 bits per heavy atom. The van der Waals surface area contributed by atoms with Gasteiger partial charge in [0.1, 0.15) is 0 Å². The van der Waals surface area contributed by atoms with E-state index >= 15 is 0 Å². The number of hydrogen-bond acceptors (Lipinski definition) is 0. The third-order valence-corrected chi connectivity index (χ3v) is 5.84. The van der Waals surface area contributed by atoms with Gasteiger partial charge in [0.05, 0.1) is 0 Å². The Kier molecular flexibility index (Phi) is 1.69. The summed E-state index contributed by atoms with van der Waals surface area (Å²) in [7, 11) is 0. The molecule has 0 heterocycles. The molecule has 1 spiro atoms. The van der Waals surface area contributed by atoms with Gasteiger partial charge in [-0.05, 0) is 79.0 Å². The van der Waals surface area contributed by atoms with Crippen LogP contribution >= 0.6 is 11.6 Å². The molecule has 3 fully saturated rings. The Morgan fingerprint density at radius 1 is 1.25 bits per heavy atom. The molecule has 16 heavy (non-hydrogen) atoms. The molecule has 1 heteroatoms. The van der Waals surface area contributed by atoms with Crippen LogP contribution in [0.5, 0.6) is 0 Å². The minimum absolute atomic E-state index is 0.745. The van der Waals surface area contributed by atoms with Crippen molar-refractivity contribution in [2.45, 2.75) is 38.5 Å². The van der Waals surface area contributed by atoms with E-state index in [-0.39, 0.29) is 0 Å². The minimum atomic E-state index is 0.745. The zero-order valence-corrected chi connectivity index (χ0v) is 10.4. The molecule has 0 saturated heterocycles. The number of aryl methyl sites for hydroxylation is 1. The van der Waals surface area contributed by atoms with Crippen LogP contribution in [-0.4, -0.2) is 0 Å². The maximum Gasteiger partial charge on any atom is 0.0409 e. The molecule has 0 aromatic heterocycles. The predicted molar refractivity (Wildman–Crippen MR) is 66.8 cm³/mol. The minimum Gasteiger partial charge on any atom is -0.0843 e. The molecule has 3 aliphatic carbocycles. The third-order valence-electron chi connectivity index (χ3n) is 5.61. The van der Waals surface area contributed by atoms with Crippen LogP contribution < -0.4 is 0 Å². The lowest BCUT2D eigenvalue weighted by Gasteiger charge is -2.45. The second-order valence-corrected chi connectivity index (χ2v) is 6.51. The van der Waals surface area contributed by atoms with E-state index in [0.29, 0.717) is 0 Å². The van der Waals surface area contributed by atoms with E-state index in [1.165, 1.54) is 31.2 Å². The van der Waals surface area contributed by atoms with Gasteiger partial charge in [0.25, 0.3) is 0 Å². The fourth-order valence-corrected chi connectivity index (χ4v) is 4.89. The highest BCUT2D eigenvalue weighted by molar-refractivity contribution is 6.30. The largest absolute Gasteiger partial charge is 0.0843 e. The molecule has 4 unspecified atom stereocenters. The molecule has 0 nitrogen and oxygen atoms in total. The maximum absolute atomic E-state index is 6.14. The smallest absolute Gasteiger partial charge is 0.0409 e. The predicted octanol–water partition coefficient (Wildman–Crippen LogP) is 4.55. The van der Waals surface area contributed by atoms with Gasteiger partial charge in [-0.1, -0.05) is 17.7 Å². The Bertz CT molecular complexity index is 465. The van der Waals surface area contributed by atoms with E-state index in [0.717, 1.165) is 28.2 Å². The van der Waals surface area contributed by atoms with Gasteiger partial charge < -0.3 is 0 Å². The maximum atomic E-state index is 6.14. The van der Waals surface area contributed by atoms with Crippen LogP contribution in [0.4, 0.5) is 0 Å². The lowest BCUT2D eigenvalue weighted by molar-refractivity contribution is 0.118. The highest BCUT2D eigenvalue weighted by Crippen LogP contribution is 2.81. The highest BCUT2D eigenvalue weighted by Gasteiger charge is 2.72. The number of rotatable bonds is 1. The summed E-state index contributed by atoms with van der Waals surface area (Å²) in [4.78, 5) is 0. The first-order chi connectivity index (χ1) is 7.72. The second kappa shape index (κ2) is 2.85. The molecule has 3 saturated carbocycles. The van der Waals surface area contributed by atoms with Crippen LogP contribution in [0.1, 0.15) is 42.7 Å². The molecule has 0 bridgehead atoms. The normalized spacial score (nSPS) is 43.5. The first kappa shape index (κ1) is 9.53. The van der Waals surface area contributed by atoms with Crippen molar-refractivity contribution in [2.24, 2.45) is 17.3 Å². The van der Waals surface area contributed by atoms with Gasteiger partial charge in [0, 0.05) is 5.02 Å². The van der Waals surface area contributed by atoms with Gasteiger partial charge in [0.15, 0.2) is 0 Å². The van der Waals surface area contributed by atoms with Crippen molar-refractivity contribution in [1.82, 2.24) is 0 Å². The summed E-state index contributed by atoms with van der Waals surface area (Å²) in [5, 5.41) is 0.913. The van der Waals surface area contributed by atoms with E-state index in [9.17, 15) is 0 Å². The average Bonchev–Trinajstić information content (AvgIpc) is 2.93. The van der Waals surface area contributed by atoms with Gasteiger partial charge in [-0.2, -0.15) is 0 Å². The zero-order chi connectivity index (χ0) is 10.9. The van der Waals surface area contributed by atoms with E-state index in [2.05, 4.69) is 19.1 Å². The topological polar surface area (TPSA) is 0 Å². The highest BCUT2D eigenvalue weighted by atomic mass is 35.5. The molecular formula is C15H17Cl. The summed E-state index contributed by atoms with van der Waals surface area (Å²) in [6.07, 6.45) is 5.94. The van der Waals surface area contributed by atoms with Crippen LogP contribution in [0.15, 0.2) is 18.2 Å². The van der Waals surface area contributed by atoms with Crippen LogP contribution in [-0.2, 0) is 0 Å². The number of benzene rings is 1. The summed E-state index contributed by atoms with van der Waals surface area (Å²) in [6, 6.07) is 6.43. The fourth-order valence-electron chi connectivity index (χ4n) is 4.70. The standard InChI is InChI=1S/C15H17Cl/c1-9-2-5-12(16)7-13(9)14-6-10-3-4-11-8-15(10,11)14/h2,5,7,10-11,14H,3-4,6,8H2,1H3. The molecule has 3 aliphatic rings. The van der Waals surface area contributed by atoms with Crippen LogP contribution in [0, 0.1) is 24.2 Å². The quantitative estimate of drug-likeness (QED) is 0.666. The first-order valence-corrected chi connectivity index (χ1v) is 6.85. The van der Waals surface area contributed by atoms with Crippen molar-refractivity contribution < 1.29 is 0 Å². The lowest BCUT2D eigenvalue weighted by Crippen LogP contribution is -2.35. The third kappa shape index (κ3) is 0.977. The number of halogens is 1. The summed E-state index contributed by atoms with van der Waals surface area (Å²) in [5.41, 5.74) is 3.74. The molecular weight excluding hydrogens is 216 g/mol. The van der Waals surface area contributed by atoms with Gasteiger partial charge in [-0.25, -0.2) is 0 Å². The molecule has 0 N–H and O–H groups in total. The molecule has 1 aromatic carbocycles. The summed E-state index contributed by atoms with van der Waals surface area (Å²) in [5.74, 6) is 2.96. The molecule has 0 amide bonds. The molecule has 0 aliphatic heterocycles. The van der Waals surface area contributed by atoms with E-state index in [4.69, 9.17) is 11.6 Å². The Morgan fingerprint density at radius 2 is 2.06 bits per heavy atom. The van der Waals surface area contributed by atoms with Crippen LogP contribution in [0.25, 0.3) is 0 Å². The fraction of sp³-hybridized carbons (Fsp3) is 0.600. The Labute approximate surface area is 102 Å². The van der Waals surface area contributed by atoms with E-state index in [1.54, 1.807) is 5.56 Å². The summed E-state index contributed by atoms with van der Waals surface area (Å²) >= 11 is 6.14. The monoisotopic (exact) mass is 232 g/mol. The molecule has 4 rings (SSSR count). The van der Waals surface area contributed by atoms with Gasteiger partial charge in [-0.15, -0.1) is 0 Å². The second-order valence-electron chi connectivity index (χ2n) is 6.08. The Hall–Kier alpha value is -0.490. The first-order valence-electron chi connectivity index (χ1n) is 6.48. The van der Waals surface area contributed by atoms with Crippen LogP contribution in [0.2, 0.25) is 5.02 Å². The number of hydrogen-bond donors (Lipinski definition) is 0. The van der Waals surface area contributed by atoms with E-state index < -0.39 is 0 Å². The SMILES string of the molecule is Cc1ccc(Cl)cc1C1CC2CCC3CC231. The van der Waals surface area contributed by atoms with Crippen molar-refractivity contribution in [1.29, 1.82) is 0 Å². The molecule has 1 aromatic rings. The van der Waals surface area contributed by atoms with Crippen molar-refractivity contribution >= 4 is 11.6 Å².